The van der Waals surface area contributed by atoms with Crippen LogP contribution in [0.25, 0.3) is 0 Å². The number of nitrogens with zero attached hydrogens (tertiary/aromatic N) is 2. The summed E-state index contributed by atoms with van der Waals surface area (Å²) >= 11 is 5.30. The van der Waals surface area contributed by atoms with E-state index >= 15 is 0 Å². The van der Waals surface area contributed by atoms with Crippen LogP contribution in [0.4, 0.5) is 17.1 Å². The first-order valence-corrected chi connectivity index (χ1v) is 28.9. The summed E-state index contributed by atoms with van der Waals surface area (Å²) in [4.78, 5) is 21.3. The Labute approximate surface area is 320 Å². The van der Waals surface area contributed by atoms with Crippen LogP contribution in [0.15, 0.2) is 0 Å². The zero-order valence-corrected chi connectivity index (χ0v) is 38.8. The summed E-state index contributed by atoms with van der Waals surface area (Å²) in [6.45, 7) is 34.2. The van der Waals surface area contributed by atoms with Crippen molar-refractivity contribution in [1.82, 2.24) is 0 Å². The molecule has 0 saturated carbocycles. The number of halogens is 3. The van der Waals surface area contributed by atoms with Crippen LogP contribution in [0.3, 0.4) is 0 Å². The first-order valence-electron chi connectivity index (χ1n) is 16.3. The van der Waals surface area contributed by atoms with E-state index in [4.69, 9.17) is 5.73 Å². The Hall–Kier alpha value is -1.55. The van der Waals surface area contributed by atoms with Gasteiger partial charge in [0.15, 0.2) is 0 Å². The van der Waals surface area contributed by atoms with Gasteiger partial charge < -0.3 is 5.73 Å². The molecule has 0 unspecified atom stereocenters. The standard InChI is InChI=1S/C12H17NO2.C12H19N.C11H15NO2.C3H8.I3/c1-6-11-7(2)9(4)12(13(14)15)10(5)8(11)3;1-6-11-7(2)9(4)12(13)10(5)8(11)3;1-6-7(2)9(4)11(12(13)14)10(5)8(6)3;2*1-3-2/h6H2,1-5H3;6,13H2,1-5H3;1-5H3;3H2,1-2H3;/q;;;;-1. The summed E-state index contributed by atoms with van der Waals surface area (Å²) in [7, 11) is 0. The average Bonchev–Trinajstić information content (AvgIpc) is 3.02. The van der Waals surface area contributed by atoms with Gasteiger partial charge in [-0.25, -0.2) is 0 Å². The molecule has 0 bridgehead atoms. The minimum absolute atomic E-state index is 0.269. The Balaban J connectivity index is 0. The van der Waals surface area contributed by atoms with Crippen molar-refractivity contribution in [3.8, 4) is 0 Å². The molecule has 0 aliphatic rings. The van der Waals surface area contributed by atoms with Crippen LogP contribution in [0.2, 0.25) is 0 Å². The normalized spacial score (nSPS) is 9.98. The summed E-state index contributed by atoms with van der Waals surface area (Å²) in [5.41, 5.74) is 24.0. The molecule has 0 atom stereocenters. The van der Waals surface area contributed by atoms with Gasteiger partial charge in [-0.1, -0.05) is 34.1 Å². The van der Waals surface area contributed by atoms with E-state index in [-0.39, 0.29) is 21.2 Å². The van der Waals surface area contributed by atoms with E-state index in [0.29, 0.717) is 13.3 Å². The summed E-state index contributed by atoms with van der Waals surface area (Å²) in [5.74, 6) is 0. The van der Waals surface area contributed by atoms with Crippen molar-refractivity contribution in [3.05, 3.63) is 104 Å². The molecule has 0 heterocycles. The fourth-order valence-corrected chi connectivity index (χ4v) is 5.88. The number of nitrogen functional groups attached to an aromatic ring is 1. The second-order valence-electron chi connectivity index (χ2n) is 12.2. The molecular formula is C38H59I3N3O4-. The second kappa shape index (κ2) is 23.0. The quantitative estimate of drug-likeness (QED) is 0.121. The van der Waals surface area contributed by atoms with Gasteiger partial charge in [-0.3, -0.25) is 20.2 Å². The third-order valence-corrected chi connectivity index (χ3v) is 9.61. The van der Waals surface area contributed by atoms with Crippen LogP contribution in [0.5, 0.6) is 0 Å². The van der Waals surface area contributed by atoms with Crippen molar-refractivity contribution in [2.75, 3.05) is 5.73 Å². The molecule has 0 aliphatic heterocycles. The number of hydrogen-bond donors (Lipinski definition) is 1. The molecule has 3 aromatic carbocycles. The van der Waals surface area contributed by atoms with Crippen LogP contribution in [-0.2, 0) is 12.8 Å². The topological polar surface area (TPSA) is 112 Å². The van der Waals surface area contributed by atoms with Crippen molar-refractivity contribution in [2.24, 2.45) is 0 Å². The van der Waals surface area contributed by atoms with E-state index < -0.39 is 0 Å². The maximum absolute atomic E-state index is 11.0. The van der Waals surface area contributed by atoms with Gasteiger partial charge in [-0.05, 0) is 164 Å². The van der Waals surface area contributed by atoms with Crippen molar-refractivity contribution in [2.45, 2.75) is 137 Å². The molecule has 0 saturated heterocycles. The Kier molecular flexibility index (Phi) is 23.3. The molecule has 7 nitrogen and oxygen atoms in total. The molecule has 3 aromatic rings. The average molecular weight is 1000 g/mol. The fraction of sp³-hybridized carbons (Fsp3) is 0.526. The Morgan fingerprint density at radius 1 is 0.479 bits per heavy atom. The predicted octanol–water partition coefficient (Wildman–Crippen LogP) is 9.78. The van der Waals surface area contributed by atoms with Gasteiger partial charge in [-0.15, -0.1) is 0 Å². The van der Waals surface area contributed by atoms with Gasteiger partial charge in [0.1, 0.15) is 0 Å². The molecule has 3 rings (SSSR count). The van der Waals surface area contributed by atoms with Gasteiger partial charge in [-0.2, -0.15) is 0 Å². The van der Waals surface area contributed by atoms with Crippen molar-refractivity contribution < 1.29 is 23.1 Å². The van der Waals surface area contributed by atoms with Crippen LogP contribution in [-0.4, -0.2) is 9.85 Å². The van der Waals surface area contributed by atoms with Gasteiger partial charge >= 0.3 is 50.5 Å². The molecule has 0 radical (unpaired) electrons. The molecule has 2 N–H and O–H groups in total. The first-order chi connectivity index (χ1) is 22.1. The van der Waals surface area contributed by atoms with Crippen molar-refractivity contribution >= 4 is 54.3 Å². The SMILES string of the molecule is CCC.CCc1c(C)c(C)c(N)c(C)c1C.CCc1c(C)c(C)c([N+](=O)[O-])c(C)c1C.Cc1c(C)c(C)c([N+](=O)[O-])c(C)c1C.I[I-]I. The van der Waals surface area contributed by atoms with Gasteiger partial charge in [0.25, 0.3) is 11.4 Å². The third kappa shape index (κ3) is 12.3. The Morgan fingerprint density at radius 3 is 0.875 bits per heavy atom. The third-order valence-electron chi connectivity index (χ3n) is 9.61. The van der Waals surface area contributed by atoms with Crippen molar-refractivity contribution in [1.29, 1.82) is 0 Å². The van der Waals surface area contributed by atoms with E-state index in [1.54, 1.807) is 0 Å². The van der Waals surface area contributed by atoms with E-state index in [1.807, 2.05) is 62.3 Å². The number of benzene rings is 3. The monoisotopic (exact) mass is 1000 g/mol. The molecular weight excluding hydrogens is 943 g/mol. The number of nitro benzene ring substituents is 2. The van der Waals surface area contributed by atoms with Crippen LogP contribution >= 0.6 is 37.2 Å². The number of nitrogens with two attached hydrogens (primary N) is 1. The Bertz CT molecular complexity index is 1500. The molecule has 0 fully saturated rings. The zero-order chi connectivity index (χ0) is 38.4. The molecule has 0 amide bonds. The predicted molar refractivity (Wildman–Crippen MR) is 221 cm³/mol. The second-order valence-corrected chi connectivity index (χ2v) is 28.4. The summed E-state index contributed by atoms with van der Waals surface area (Å²) in [6.07, 6.45) is 3.27. The molecule has 10 heteroatoms. The van der Waals surface area contributed by atoms with Crippen LogP contribution in [0.1, 0.15) is 118 Å². The van der Waals surface area contributed by atoms with Crippen LogP contribution in [0, 0.1) is 110 Å². The van der Waals surface area contributed by atoms with E-state index in [1.165, 1.54) is 39.8 Å². The number of anilines is 1. The van der Waals surface area contributed by atoms with E-state index in [2.05, 4.69) is 92.6 Å². The van der Waals surface area contributed by atoms with Gasteiger partial charge in [0.2, 0.25) is 0 Å². The number of nitro groups is 2. The summed E-state index contributed by atoms with van der Waals surface area (Å²) in [5, 5.41) is 21.8. The van der Waals surface area contributed by atoms with Gasteiger partial charge in [0.05, 0.1) is 9.85 Å². The fourth-order valence-electron chi connectivity index (χ4n) is 5.88. The summed E-state index contributed by atoms with van der Waals surface area (Å²) < 4.78 is 0. The summed E-state index contributed by atoms with van der Waals surface area (Å²) in [6, 6.07) is 0. The molecule has 0 aliphatic carbocycles. The first kappa shape index (κ1) is 48.6. The molecule has 0 aromatic heterocycles. The van der Waals surface area contributed by atoms with Gasteiger partial charge in [0, 0.05) is 27.9 Å². The maximum atomic E-state index is 11.0. The van der Waals surface area contributed by atoms with Crippen LogP contribution < -0.4 is 19.0 Å². The zero-order valence-electron chi connectivity index (χ0n) is 32.4. The number of rotatable bonds is 4. The molecule has 0 spiro atoms. The number of hydrogen-bond acceptors (Lipinski definition) is 5. The Morgan fingerprint density at radius 2 is 0.667 bits per heavy atom. The van der Waals surface area contributed by atoms with E-state index in [9.17, 15) is 20.2 Å². The minimum atomic E-state index is -0.288. The van der Waals surface area contributed by atoms with E-state index in [0.717, 1.165) is 68.6 Å². The molecule has 48 heavy (non-hydrogen) atoms. The molecule has 272 valence electrons. The van der Waals surface area contributed by atoms with Crippen molar-refractivity contribution in [3.63, 3.8) is 0 Å².